The summed E-state index contributed by atoms with van der Waals surface area (Å²) >= 11 is 0. The van der Waals surface area contributed by atoms with Crippen LogP contribution < -0.4 is 10.5 Å². The number of hydrogen-bond donors (Lipinski definition) is 0. The van der Waals surface area contributed by atoms with Crippen LogP contribution in [0.5, 0.6) is 0 Å². The molecule has 30 heavy (non-hydrogen) atoms. The van der Waals surface area contributed by atoms with Crippen LogP contribution in [-0.2, 0) is 0 Å². The lowest BCUT2D eigenvalue weighted by atomic mass is 10.1. The molecule has 5 rings (SSSR count). The van der Waals surface area contributed by atoms with E-state index in [2.05, 4.69) is 34.7 Å². The van der Waals surface area contributed by atoms with Gasteiger partial charge in [-0.3, -0.25) is 9.88 Å². The van der Waals surface area contributed by atoms with Gasteiger partial charge in [0.25, 0.3) is 0 Å². The van der Waals surface area contributed by atoms with Gasteiger partial charge in [-0.15, -0.1) is 0 Å². The highest BCUT2D eigenvalue weighted by Gasteiger charge is 2.19. The summed E-state index contributed by atoms with van der Waals surface area (Å²) in [6.07, 6.45) is 5.71. The lowest BCUT2D eigenvalue weighted by molar-refractivity contribution is 0.209. The van der Waals surface area contributed by atoms with Gasteiger partial charge in [-0.25, -0.2) is 4.79 Å². The Morgan fingerprint density at radius 1 is 1.03 bits per heavy atom. The summed E-state index contributed by atoms with van der Waals surface area (Å²) in [6, 6.07) is 10.6. The first kappa shape index (κ1) is 18.9. The molecule has 0 atom stereocenters. The Kier molecular flexibility index (Phi) is 4.59. The van der Waals surface area contributed by atoms with Crippen LogP contribution in [0.3, 0.4) is 0 Å². The zero-order valence-electron chi connectivity index (χ0n) is 17.6. The van der Waals surface area contributed by atoms with E-state index in [1.54, 1.807) is 0 Å². The minimum absolute atomic E-state index is 0.315. The lowest BCUT2D eigenvalue weighted by Gasteiger charge is -2.38. The molecule has 1 aromatic carbocycles. The van der Waals surface area contributed by atoms with Gasteiger partial charge in [0.2, 0.25) is 0 Å². The lowest BCUT2D eigenvalue weighted by Crippen LogP contribution is -2.48. The number of aryl methyl sites for hydroxylation is 1. The maximum absolute atomic E-state index is 12.8. The van der Waals surface area contributed by atoms with Gasteiger partial charge in [-0.1, -0.05) is 0 Å². The van der Waals surface area contributed by atoms with Gasteiger partial charge in [0.15, 0.2) is 0 Å². The number of hydrogen-bond acceptors (Lipinski definition) is 5. The Balaban J connectivity index is 1.47. The predicted octanol–water partition coefficient (Wildman–Crippen LogP) is 3.95. The van der Waals surface area contributed by atoms with Crippen LogP contribution >= 0.6 is 0 Å². The molecule has 4 aromatic rings. The van der Waals surface area contributed by atoms with Crippen LogP contribution in [0.2, 0.25) is 0 Å². The maximum atomic E-state index is 12.8. The van der Waals surface area contributed by atoms with Crippen molar-refractivity contribution >= 4 is 22.2 Å². The van der Waals surface area contributed by atoms with Crippen molar-refractivity contribution in [1.29, 1.82) is 0 Å². The van der Waals surface area contributed by atoms with E-state index >= 15 is 0 Å². The average molecular weight is 402 g/mol. The van der Waals surface area contributed by atoms with Gasteiger partial charge in [0.1, 0.15) is 5.58 Å². The van der Waals surface area contributed by atoms with Gasteiger partial charge in [-0.05, 0) is 45.0 Å². The van der Waals surface area contributed by atoms with Gasteiger partial charge in [0, 0.05) is 67.3 Å². The molecule has 0 bridgehead atoms. The second kappa shape index (κ2) is 7.29. The van der Waals surface area contributed by atoms with Crippen LogP contribution in [0.25, 0.3) is 27.6 Å². The van der Waals surface area contributed by atoms with Crippen molar-refractivity contribution in [1.82, 2.24) is 14.3 Å². The SMILES string of the molecule is Cc1cn2cc(-c3cc4ccc(N5CCN(C(C)C)CC5)cc4oc3=O)cc2cn1. The van der Waals surface area contributed by atoms with Crippen LogP contribution in [0.15, 0.2) is 58.1 Å². The number of rotatable bonds is 3. The van der Waals surface area contributed by atoms with Crippen LogP contribution in [0, 0.1) is 6.92 Å². The molecular formula is C24H26N4O2. The molecule has 0 amide bonds. The number of nitrogens with zero attached hydrogens (tertiary/aromatic N) is 4. The third-order valence-corrected chi connectivity index (χ3v) is 6.05. The molecule has 1 aliphatic rings. The number of piperazine rings is 1. The molecule has 0 N–H and O–H groups in total. The molecule has 1 aliphatic heterocycles. The van der Waals surface area contributed by atoms with Crippen LogP contribution in [0.4, 0.5) is 5.69 Å². The molecule has 0 spiro atoms. The van der Waals surface area contributed by atoms with E-state index in [4.69, 9.17) is 4.42 Å². The smallest absolute Gasteiger partial charge is 0.344 e. The number of benzene rings is 1. The highest BCUT2D eigenvalue weighted by molar-refractivity contribution is 5.85. The molecule has 4 heterocycles. The minimum atomic E-state index is -0.315. The Bertz CT molecular complexity index is 1280. The van der Waals surface area contributed by atoms with Crippen molar-refractivity contribution in [3.8, 4) is 11.1 Å². The van der Waals surface area contributed by atoms with Crippen molar-refractivity contribution in [3.05, 3.63) is 65.0 Å². The standard InChI is InChI=1S/C24H26N4O2/c1-16(2)26-6-8-27(9-7-26)20-5-4-18-11-22(24(29)30-23(18)12-20)19-10-21-13-25-17(3)14-28(21)15-19/h4-5,10-16H,6-9H2,1-3H3. The summed E-state index contributed by atoms with van der Waals surface area (Å²) in [6.45, 7) is 10.5. The largest absolute Gasteiger partial charge is 0.422 e. The molecule has 0 unspecified atom stereocenters. The summed E-state index contributed by atoms with van der Waals surface area (Å²) < 4.78 is 7.73. The van der Waals surface area contributed by atoms with Crippen LogP contribution in [-0.4, -0.2) is 46.5 Å². The van der Waals surface area contributed by atoms with E-state index in [1.165, 1.54) is 0 Å². The number of aromatic nitrogens is 2. The quantitative estimate of drug-likeness (QED) is 0.486. The zero-order valence-corrected chi connectivity index (χ0v) is 17.6. The number of fused-ring (bicyclic) bond motifs is 2. The normalized spacial score (nSPS) is 15.5. The van der Waals surface area contributed by atoms with Crippen LogP contribution in [0.1, 0.15) is 19.5 Å². The third-order valence-electron chi connectivity index (χ3n) is 6.05. The number of anilines is 1. The minimum Gasteiger partial charge on any atom is -0.422 e. The first-order valence-electron chi connectivity index (χ1n) is 10.5. The second-order valence-electron chi connectivity index (χ2n) is 8.38. The van der Waals surface area contributed by atoms with E-state index in [9.17, 15) is 4.79 Å². The van der Waals surface area contributed by atoms with Gasteiger partial charge in [0.05, 0.1) is 23.0 Å². The summed E-state index contributed by atoms with van der Waals surface area (Å²) in [5, 5.41) is 0.929. The Hall–Kier alpha value is -3.12. The van der Waals surface area contributed by atoms with Crippen molar-refractivity contribution in [2.45, 2.75) is 26.8 Å². The van der Waals surface area contributed by atoms with E-state index in [0.717, 1.165) is 54.0 Å². The molecule has 0 aliphatic carbocycles. The average Bonchev–Trinajstić information content (AvgIpc) is 3.15. The first-order valence-corrected chi connectivity index (χ1v) is 10.5. The molecule has 0 radical (unpaired) electrons. The Morgan fingerprint density at radius 3 is 2.60 bits per heavy atom. The van der Waals surface area contributed by atoms with Crippen molar-refractivity contribution < 1.29 is 4.42 Å². The summed E-state index contributed by atoms with van der Waals surface area (Å²) in [7, 11) is 0. The molecule has 154 valence electrons. The molecule has 6 heteroatoms. The van der Waals surface area contributed by atoms with Crippen molar-refractivity contribution in [3.63, 3.8) is 0 Å². The molecule has 0 saturated carbocycles. The van der Waals surface area contributed by atoms with E-state index in [-0.39, 0.29) is 5.63 Å². The third kappa shape index (κ3) is 3.37. The maximum Gasteiger partial charge on any atom is 0.344 e. The second-order valence-corrected chi connectivity index (χ2v) is 8.38. The highest BCUT2D eigenvalue weighted by Crippen LogP contribution is 2.27. The van der Waals surface area contributed by atoms with E-state index in [1.807, 2.05) is 54.2 Å². The molecular weight excluding hydrogens is 376 g/mol. The van der Waals surface area contributed by atoms with Gasteiger partial charge in [-0.2, -0.15) is 0 Å². The Morgan fingerprint density at radius 2 is 1.83 bits per heavy atom. The van der Waals surface area contributed by atoms with E-state index in [0.29, 0.717) is 17.2 Å². The van der Waals surface area contributed by atoms with Crippen molar-refractivity contribution in [2.24, 2.45) is 0 Å². The van der Waals surface area contributed by atoms with E-state index < -0.39 is 0 Å². The summed E-state index contributed by atoms with van der Waals surface area (Å²) in [5.41, 5.74) is 4.72. The molecule has 1 fully saturated rings. The predicted molar refractivity (Wildman–Crippen MR) is 120 cm³/mol. The molecule has 3 aromatic heterocycles. The summed E-state index contributed by atoms with van der Waals surface area (Å²) in [5.74, 6) is 0. The zero-order chi connectivity index (χ0) is 20.8. The fourth-order valence-corrected chi connectivity index (χ4v) is 4.26. The monoisotopic (exact) mass is 402 g/mol. The molecule has 1 saturated heterocycles. The van der Waals surface area contributed by atoms with Gasteiger partial charge >= 0.3 is 5.63 Å². The molecule has 6 nitrogen and oxygen atoms in total. The van der Waals surface area contributed by atoms with Gasteiger partial charge < -0.3 is 13.7 Å². The fourth-order valence-electron chi connectivity index (χ4n) is 4.26. The fraction of sp³-hybridized carbons (Fsp3) is 0.333. The van der Waals surface area contributed by atoms with Crippen molar-refractivity contribution in [2.75, 3.05) is 31.1 Å². The highest BCUT2D eigenvalue weighted by atomic mass is 16.4. The topological polar surface area (TPSA) is 54.0 Å². The summed E-state index contributed by atoms with van der Waals surface area (Å²) in [4.78, 5) is 21.9. The Labute approximate surface area is 175 Å². The first-order chi connectivity index (χ1) is 14.5.